The average molecular weight is 424 g/mol. The first-order valence-corrected chi connectivity index (χ1v) is 9.68. The van der Waals surface area contributed by atoms with Crippen LogP contribution in [0, 0.1) is 10.1 Å². The Balaban J connectivity index is 1.65. The molecule has 0 fully saturated rings. The predicted octanol–water partition coefficient (Wildman–Crippen LogP) is 3.49. The molecule has 0 amide bonds. The number of nitro groups is 1. The third-order valence-corrected chi connectivity index (χ3v) is 5.47. The second kappa shape index (κ2) is 7.91. The summed E-state index contributed by atoms with van der Waals surface area (Å²) in [5.74, 6) is 1.23. The largest absolute Gasteiger partial charge is 0.493 e. The topological polar surface area (TPSA) is 109 Å². The zero-order valence-electron chi connectivity index (χ0n) is 16.1. The predicted molar refractivity (Wildman–Crippen MR) is 112 cm³/mol. The van der Waals surface area contributed by atoms with Gasteiger partial charge in [0.25, 0.3) is 11.2 Å². The summed E-state index contributed by atoms with van der Waals surface area (Å²) in [5.41, 5.74) is 1.45. The van der Waals surface area contributed by atoms with Crippen molar-refractivity contribution >= 4 is 27.9 Å². The minimum Gasteiger partial charge on any atom is -0.493 e. The molecule has 0 atom stereocenters. The molecule has 4 aromatic rings. The number of benzene rings is 2. The lowest BCUT2D eigenvalue weighted by Gasteiger charge is -2.08. The number of hydrogen-bond donors (Lipinski definition) is 0. The van der Waals surface area contributed by atoms with Crippen molar-refractivity contribution in [2.24, 2.45) is 0 Å². The molecular formula is C20H16N4O5S. The molecule has 0 radical (unpaired) electrons. The van der Waals surface area contributed by atoms with Crippen LogP contribution in [0.5, 0.6) is 11.5 Å². The monoisotopic (exact) mass is 424 g/mol. The molecule has 0 spiro atoms. The first-order chi connectivity index (χ1) is 14.5. The van der Waals surface area contributed by atoms with Crippen molar-refractivity contribution in [3.05, 3.63) is 74.3 Å². The fourth-order valence-electron chi connectivity index (χ4n) is 3.03. The molecular weight excluding hydrogens is 408 g/mol. The summed E-state index contributed by atoms with van der Waals surface area (Å²) >= 11 is 1.44. The third kappa shape index (κ3) is 3.60. The molecule has 0 aliphatic heterocycles. The maximum atomic E-state index is 12.8. The highest BCUT2D eigenvalue weighted by atomic mass is 32.1. The van der Waals surface area contributed by atoms with E-state index in [1.807, 2.05) is 17.5 Å². The summed E-state index contributed by atoms with van der Waals surface area (Å²) in [7, 11) is 3.14. The number of aromatic nitrogens is 3. The SMILES string of the molecule is COc1ccc(-c2nc(Cn3cnc4ccc([N+](=O)[O-])cc4c3=O)cs2)cc1OC. The summed E-state index contributed by atoms with van der Waals surface area (Å²) < 4.78 is 12.0. The van der Waals surface area contributed by atoms with Crippen LogP contribution in [0.4, 0.5) is 5.69 Å². The normalized spacial score (nSPS) is 10.9. The fourth-order valence-corrected chi connectivity index (χ4v) is 3.84. The van der Waals surface area contributed by atoms with Gasteiger partial charge in [0, 0.05) is 23.1 Å². The first-order valence-electron chi connectivity index (χ1n) is 8.80. The van der Waals surface area contributed by atoms with Crippen molar-refractivity contribution in [3.63, 3.8) is 0 Å². The van der Waals surface area contributed by atoms with Crippen LogP contribution in [0.1, 0.15) is 5.69 Å². The molecule has 0 saturated carbocycles. The van der Waals surface area contributed by atoms with E-state index in [4.69, 9.17) is 9.47 Å². The van der Waals surface area contributed by atoms with E-state index in [0.29, 0.717) is 22.7 Å². The smallest absolute Gasteiger partial charge is 0.270 e. The lowest BCUT2D eigenvalue weighted by atomic mass is 10.2. The fraction of sp³-hybridized carbons (Fsp3) is 0.150. The quantitative estimate of drug-likeness (QED) is 0.344. The van der Waals surface area contributed by atoms with Crippen LogP contribution in [-0.2, 0) is 6.54 Å². The Morgan fingerprint density at radius 3 is 2.67 bits per heavy atom. The van der Waals surface area contributed by atoms with Gasteiger partial charge in [-0.3, -0.25) is 19.5 Å². The van der Waals surface area contributed by atoms with Gasteiger partial charge in [-0.15, -0.1) is 11.3 Å². The Labute approximate surface area is 174 Å². The molecule has 0 bridgehead atoms. The van der Waals surface area contributed by atoms with E-state index in [0.717, 1.165) is 10.6 Å². The minimum atomic E-state index is -0.536. The molecule has 0 aliphatic rings. The second-order valence-corrected chi connectivity index (χ2v) is 7.21. The van der Waals surface area contributed by atoms with Gasteiger partial charge in [0.2, 0.25) is 0 Å². The molecule has 2 heterocycles. The van der Waals surface area contributed by atoms with Crippen LogP contribution in [0.25, 0.3) is 21.5 Å². The zero-order chi connectivity index (χ0) is 21.3. The van der Waals surface area contributed by atoms with Crippen LogP contribution in [0.3, 0.4) is 0 Å². The number of non-ortho nitro benzene ring substituents is 1. The van der Waals surface area contributed by atoms with E-state index >= 15 is 0 Å². The van der Waals surface area contributed by atoms with Crippen LogP contribution in [0.2, 0.25) is 0 Å². The Hall–Kier alpha value is -3.79. The summed E-state index contributed by atoms with van der Waals surface area (Å²) in [6, 6.07) is 9.57. The van der Waals surface area contributed by atoms with Gasteiger partial charge < -0.3 is 9.47 Å². The number of ether oxygens (including phenoxy) is 2. The van der Waals surface area contributed by atoms with Crippen molar-refractivity contribution in [2.75, 3.05) is 14.2 Å². The summed E-state index contributed by atoms with van der Waals surface area (Å²) in [5, 5.41) is 13.8. The van der Waals surface area contributed by atoms with Gasteiger partial charge >= 0.3 is 0 Å². The van der Waals surface area contributed by atoms with Crippen LogP contribution >= 0.6 is 11.3 Å². The van der Waals surface area contributed by atoms with Gasteiger partial charge in [-0.25, -0.2) is 9.97 Å². The highest BCUT2D eigenvalue weighted by Gasteiger charge is 2.13. The first kappa shape index (κ1) is 19.5. The Morgan fingerprint density at radius 2 is 1.93 bits per heavy atom. The number of rotatable bonds is 6. The molecule has 4 rings (SSSR count). The Kier molecular flexibility index (Phi) is 5.15. The van der Waals surface area contributed by atoms with Crippen LogP contribution in [-0.4, -0.2) is 33.7 Å². The van der Waals surface area contributed by atoms with Crippen molar-refractivity contribution < 1.29 is 14.4 Å². The van der Waals surface area contributed by atoms with Gasteiger partial charge in [0.1, 0.15) is 5.01 Å². The highest BCUT2D eigenvalue weighted by Crippen LogP contribution is 2.33. The van der Waals surface area contributed by atoms with Crippen LogP contribution < -0.4 is 15.0 Å². The Morgan fingerprint density at radius 1 is 1.13 bits per heavy atom. The van der Waals surface area contributed by atoms with Crippen molar-refractivity contribution in [3.8, 4) is 22.1 Å². The molecule has 0 N–H and O–H groups in total. The van der Waals surface area contributed by atoms with Gasteiger partial charge in [-0.2, -0.15) is 0 Å². The molecule has 9 nitrogen and oxygen atoms in total. The van der Waals surface area contributed by atoms with Gasteiger partial charge in [-0.05, 0) is 24.3 Å². The van der Waals surface area contributed by atoms with Crippen LogP contribution in [0.15, 0.2) is 52.9 Å². The molecule has 2 aromatic heterocycles. The molecule has 2 aromatic carbocycles. The maximum Gasteiger partial charge on any atom is 0.270 e. The summed E-state index contributed by atoms with van der Waals surface area (Å²) in [4.78, 5) is 32.1. The van der Waals surface area contributed by atoms with E-state index in [1.54, 1.807) is 20.3 Å². The summed E-state index contributed by atoms with van der Waals surface area (Å²) in [6.07, 6.45) is 1.42. The van der Waals surface area contributed by atoms with Crippen molar-refractivity contribution in [1.82, 2.24) is 14.5 Å². The number of methoxy groups -OCH3 is 2. The maximum absolute atomic E-state index is 12.8. The number of nitro benzene ring substituents is 1. The van der Waals surface area contributed by atoms with E-state index in [9.17, 15) is 14.9 Å². The van der Waals surface area contributed by atoms with Crippen molar-refractivity contribution in [1.29, 1.82) is 0 Å². The Bertz CT molecular complexity index is 1310. The van der Waals surface area contributed by atoms with E-state index in [1.165, 1.54) is 40.4 Å². The van der Waals surface area contributed by atoms with E-state index < -0.39 is 4.92 Å². The van der Waals surface area contributed by atoms with Gasteiger partial charge in [0.05, 0.1) is 48.6 Å². The van der Waals surface area contributed by atoms with E-state index in [2.05, 4.69) is 9.97 Å². The average Bonchev–Trinajstić information content (AvgIpc) is 3.23. The van der Waals surface area contributed by atoms with Gasteiger partial charge in [0.15, 0.2) is 11.5 Å². The second-order valence-electron chi connectivity index (χ2n) is 6.35. The van der Waals surface area contributed by atoms with Gasteiger partial charge in [-0.1, -0.05) is 0 Å². The van der Waals surface area contributed by atoms with Crippen molar-refractivity contribution in [2.45, 2.75) is 6.54 Å². The molecule has 0 unspecified atom stereocenters. The highest BCUT2D eigenvalue weighted by molar-refractivity contribution is 7.13. The third-order valence-electron chi connectivity index (χ3n) is 4.53. The number of nitrogens with zero attached hydrogens (tertiary/aromatic N) is 4. The number of thiazole rings is 1. The number of fused-ring (bicyclic) bond motifs is 1. The molecule has 30 heavy (non-hydrogen) atoms. The zero-order valence-corrected chi connectivity index (χ0v) is 16.9. The lowest BCUT2D eigenvalue weighted by molar-refractivity contribution is -0.384. The lowest BCUT2D eigenvalue weighted by Crippen LogP contribution is -2.21. The molecule has 10 heteroatoms. The molecule has 0 saturated heterocycles. The minimum absolute atomic E-state index is 0.149. The summed E-state index contributed by atoms with van der Waals surface area (Å²) in [6.45, 7) is 0.203. The van der Waals surface area contributed by atoms with E-state index in [-0.39, 0.29) is 23.2 Å². The molecule has 0 aliphatic carbocycles. The number of hydrogen-bond acceptors (Lipinski definition) is 8. The molecule has 152 valence electrons. The standard InChI is InChI=1S/C20H16N4O5S/c1-28-17-6-3-12(7-18(17)29-2)19-22-13(10-30-19)9-23-11-21-16-5-4-14(24(26)27)8-15(16)20(23)25/h3-8,10-11H,9H2,1-2H3.